The molecule has 0 amide bonds. The fraction of sp³-hybridized carbons (Fsp3) is 0.778. The first-order valence-electron chi connectivity index (χ1n) is 3.97. The number of unbranched alkanes of at least 4 members (excludes halogenated alkanes) is 1. The molecule has 0 radical (unpaired) electrons. The second kappa shape index (κ2) is 9.14. The van der Waals surface area contributed by atoms with Crippen molar-refractivity contribution in [3.05, 3.63) is 6.92 Å². The normalized spacial score (nSPS) is 9.54. The molecule has 0 spiro atoms. The zero-order valence-electron chi connectivity index (χ0n) is 8.73. The fourth-order valence-electron chi connectivity index (χ4n) is 0.662. The second-order valence-electron chi connectivity index (χ2n) is 3.54. The van der Waals surface area contributed by atoms with Crippen molar-refractivity contribution in [3.63, 3.8) is 0 Å². The number of rotatable bonds is 3. The number of ether oxygens (including phenoxy) is 1. The maximum Gasteiger partial charge on any atom is 2.00 e. The van der Waals surface area contributed by atoms with E-state index in [2.05, 4.69) is 6.92 Å². The van der Waals surface area contributed by atoms with E-state index in [1.807, 2.05) is 20.8 Å². The Labute approximate surface area is 104 Å². The van der Waals surface area contributed by atoms with E-state index < -0.39 is 0 Å². The van der Waals surface area contributed by atoms with Crippen molar-refractivity contribution in [1.82, 2.24) is 0 Å². The Kier molecular flexibility index (Phi) is 13.5. The van der Waals surface area contributed by atoms with Crippen LogP contribution in [0.15, 0.2) is 0 Å². The van der Waals surface area contributed by atoms with Gasteiger partial charge in [0.25, 0.3) is 0 Å². The zero-order valence-corrected chi connectivity index (χ0v) is 13.3. The van der Waals surface area contributed by atoms with Crippen molar-refractivity contribution < 1.29 is 46.0 Å². The standard InChI is InChI=1S/C9H17O2.BrH.Zn/c1-5-6-7-8(10)11-9(2,3)4;;/h1,5-7H2,2-4H3;1H;/q-1;;+2/p-1. The van der Waals surface area contributed by atoms with Crippen molar-refractivity contribution in [2.45, 2.75) is 45.6 Å². The number of hydrogen-bond donors (Lipinski definition) is 0. The van der Waals surface area contributed by atoms with Gasteiger partial charge in [-0.3, -0.25) is 4.79 Å². The first-order chi connectivity index (χ1) is 4.95. The minimum atomic E-state index is -0.349. The Bertz CT molecular complexity index is 132. The van der Waals surface area contributed by atoms with Crippen molar-refractivity contribution in [2.24, 2.45) is 0 Å². The number of carbonyl (C=O) groups is 1. The molecular formula is C9H17BrO2Zn. The molecule has 0 aromatic rings. The summed E-state index contributed by atoms with van der Waals surface area (Å²) in [4.78, 5) is 11.0. The number of halogens is 1. The molecule has 0 aliphatic carbocycles. The van der Waals surface area contributed by atoms with Crippen LogP contribution in [-0.2, 0) is 29.0 Å². The maximum atomic E-state index is 11.0. The van der Waals surface area contributed by atoms with Crippen molar-refractivity contribution >= 4 is 5.97 Å². The molecular weight excluding hydrogens is 285 g/mol. The molecule has 0 rings (SSSR count). The molecule has 0 aromatic carbocycles. The Morgan fingerprint density at radius 1 is 1.38 bits per heavy atom. The number of carbonyl (C=O) groups excluding carboxylic acids is 1. The van der Waals surface area contributed by atoms with Crippen LogP contribution in [0.5, 0.6) is 0 Å². The molecule has 13 heavy (non-hydrogen) atoms. The van der Waals surface area contributed by atoms with Crippen LogP contribution in [0.2, 0.25) is 0 Å². The van der Waals surface area contributed by atoms with Crippen LogP contribution in [0.4, 0.5) is 0 Å². The van der Waals surface area contributed by atoms with Gasteiger partial charge < -0.3 is 28.6 Å². The van der Waals surface area contributed by atoms with Gasteiger partial charge in [-0.2, -0.15) is 6.42 Å². The molecule has 0 aliphatic heterocycles. The van der Waals surface area contributed by atoms with E-state index in [4.69, 9.17) is 4.74 Å². The summed E-state index contributed by atoms with van der Waals surface area (Å²) >= 11 is 0. The summed E-state index contributed by atoms with van der Waals surface area (Å²) in [7, 11) is 0. The summed E-state index contributed by atoms with van der Waals surface area (Å²) in [6.07, 6.45) is 2.09. The third-order valence-corrected chi connectivity index (χ3v) is 1.05. The van der Waals surface area contributed by atoms with Crippen LogP contribution < -0.4 is 17.0 Å². The summed E-state index contributed by atoms with van der Waals surface area (Å²) in [5.41, 5.74) is -0.349. The number of esters is 1. The molecule has 0 saturated carbocycles. The van der Waals surface area contributed by atoms with E-state index in [-0.39, 0.29) is 48.0 Å². The van der Waals surface area contributed by atoms with Gasteiger partial charge in [0.05, 0.1) is 0 Å². The molecule has 2 nitrogen and oxygen atoms in total. The molecule has 4 heteroatoms. The molecule has 0 bridgehead atoms. The Morgan fingerprint density at radius 2 is 1.85 bits per heavy atom. The fourth-order valence-corrected chi connectivity index (χ4v) is 0.662. The van der Waals surface area contributed by atoms with Crippen LogP contribution in [0.3, 0.4) is 0 Å². The molecule has 0 N–H and O–H groups in total. The van der Waals surface area contributed by atoms with Crippen LogP contribution in [0.1, 0.15) is 40.0 Å². The summed E-state index contributed by atoms with van der Waals surface area (Å²) in [5, 5.41) is 0. The summed E-state index contributed by atoms with van der Waals surface area (Å²) in [6, 6.07) is 0. The van der Waals surface area contributed by atoms with E-state index in [0.717, 1.165) is 12.8 Å². The van der Waals surface area contributed by atoms with Gasteiger partial charge in [-0.25, -0.2) is 0 Å². The van der Waals surface area contributed by atoms with Crippen LogP contribution >= 0.6 is 0 Å². The Balaban J connectivity index is -0.000000500. The zero-order chi connectivity index (χ0) is 8.91. The molecule has 0 aliphatic rings. The van der Waals surface area contributed by atoms with E-state index in [9.17, 15) is 4.79 Å². The number of hydrogen-bond acceptors (Lipinski definition) is 2. The summed E-state index contributed by atoms with van der Waals surface area (Å²) < 4.78 is 5.07. The monoisotopic (exact) mass is 300 g/mol. The average molecular weight is 303 g/mol. The molecule has 0 aromatic heterocycles. The summed E-state index contributed by atoms with van der Waals surface area (Å²) in [5.74, 6) is -0.124. The van der Waals surface area contributed by atoms with Gasteiger partial charge >= 0.3 is 25.4 Å². The van der Waals surface area contributed by atoms with Crippen molar-refractivity contribution in [3.8, 4) is 0 Å². The largest absolute Gasteiger partial charge is 2.00 e. The average Bonchev–Trinajstić information content (AvgIpc) is 1.79. The summed E-state index contributed by atoms with van der Waals surface area (Å²) in [6.45, 7) is 9.26. The van der Waals surface area contributed by atoms with Gasteiger partial charge in [-0.15, -0.1) is 0 Å². The van der Waals surface area contributed by atoms with Crippen molar-refractivity contribution in [2.75, 3.05) is 0 Å². The van der Waals surface area contributed by atoms with Gasteiger partial charge in [0.1, 0.15) is 5.60 Å². The van der Waals surface area contributed by atoms with Gasteiger partial charge in [0, 0.05) is 6.42 Å². The predicted molar refractivity (Wildman–Crippen MR) is 45.1 cm³/mol. The topological polar surface area (TPSA) is 26.3 Å². The van der Waals surface area contributed by atoms with Crippen LogP contribution in [-0.4, -0.2) is 11.6 Å². The van der Waals surface area contributed by atoms with Gasteiger partial charge in [-0.1, -0.05) is 6.42 Å². The molecule has 74 valence electrons. The Morgan fingerprint density at radius 3 is 2.15 bits per heavy atom. The van der Waals surface area contributed by atoms with Gasteiger partial charge in [0.15, 0.2) is 0 Å². The van der Waals surface area contributed by atoms with Gasteiger partial charge in [0.2, 0.25) is 0 Å². The van der Waals surface area contributed by atoms with E-state index in [1.165, 1.54) is 0 Å². The molecule has 0 unspecified atom stereocenters. The SMILES string of the molecule is [Br-].[CH2-]CCCC(=O)OC(C)(C)C.[Zn+2]. The van der Waals surface area contributed by atoms with Crippen molar-refractivity contribution in [1.29, 1.82) is 0 Å². The first kappa shape index (κ1) is 19.2. The Hall–Kier alpha value is 0.573. The third kappa shape index (κ3) is 15.3. The van der Waals surface area contributed by atoms with Crippen LogP contribution in [0, 0.1) is 6.92 Å². The predicted octanol–water partition coefficient (Wildman–Crippen LogP) is -0.666. The third-order valence-electron chi connectivity index (χ3n) is 1.05. The molecule has 0 fully saturated rings. The quantitative estimate of drug-likeness (QED) is 0.393. The molecule has 0 heterocycles. The van der Waals surface area contributed by atoms with E-state index in [1.54, 1.807) is 0 Å². The van der Waals surface area contributed by atoms with Crippen LogP contribution in [0.25, 0.3) is 0 Å². The van der Waals surface area contributed by atoms with E-state index in [0.29, 0.717) is 6.42 Å². The minimum absolute atomic E-state index is 0. The first-order valence-corrected chi connectivity index (χ1v) is 3.97. The molecule has 0 saturated heterocycles. The second-order valence-corrected chi connectivity index (χ2v) is 3.54. The van der Waals surface area contributed by atoms with E-state index >= 15 is 0 Å². The maximum absolute atomic E-state index is 11.0. The minimum Gasteiger partial charge on any atom is -1.00 e. The van der Waals surface area contributed by atoms with Gasteiger partial charge in [-0.05, 0) is 20.8 Å². The molecule has 0 atom stereocenters. The smallest absolute Gasteiger partial charge is 1.00 e.